The summed E-state index contributed by atoms with van der Waals surface area (Å²) in [5.74, 6) is -0.639. The number of unbranched alkanes of at least 4 members (excludes halogenated alkanes) is 36. The van der Waals surface area contributed by atoms with E-state index in [1.807, 2.05) is 0 Å². The summed E-state index contributed by atoms with van der Waals surface area (Å²) in [6.45, 7) is 6.43. The summed E-state index contributed by atoms with van der Waals surface area (Å²) < 4.78 is 9.00. The number of rotatable bonds is 41. The molecule has 0 aliphatic carbocycles. The average Bonchev–Trinajstić information content (AvgIpc) is 3.13. The van der Waals surface area contributed by atoms with Gasteiger partial charge in [-0.25, -0.2) is 4.79 Å². The minimum Gasteiger partial charge on any atom is -0.450 e. The first-order chi connectivity index (χ1) is 26.0. The number of esters is 2. The SMILES string of the molecule is CCCCCCCCCCCCCCCCCCCCCC(=O)OC(=O)CCCCCCCCCCCCCCCCCCCCC.CCOC(=O)O. The summed E-state index contributed by atoms with van der Waals surface area (Å²) in [4.78, 5) is 33.4. The Bertz CT molecular complexity index is 687. The molecule has 0 amide bonds. The predicted molar refractivity (Wildman–Crippen MR) is 227 cm³/mol. The van der Waals surface area contributed by atoms with Crippen molar-refractivity contribution in [1.29, 1.82) is 0 Å². The summed E-state index contributed by atoms with van der Waals surface area (Å²) in [7, 11) is 0. The minimum absolute atomic E-state index is 0.231. The van der Waals surface area contributed by atoms with Gasteiger partial charge in [-0.3, -0.25) is 9.59 Å². The molecule has 0 aliphatic rings. The van der Waals surface area contributed by atoms with E-state index in [0.717, 1.165) is 25.7 Å². The number of carbonyl (C=O) groups excluding carboxylic acids is 2. The summed E-state index contributed by atoms with van der Waals surface area (Å²) in [5.41, 5.74) is 0. The third-order valence-corrected chi connectivity index (χ3v) is 10.5. The highest BCUT2D eigenvalue weighted by atomic mass is 16.7. The Morgan fingerprint density at radius 2 is 0.509 bits per heavy atom. The molecule has 0 aromatic heterocycles. The van der Waals surface area contributed by atoms with Gasteiger partial charge >= 0.3 is 18.1 Å². The number of ether oxygens (including phenoxy) is 2. The molecule has 0 aromatic carbocycles. The topological polar surface area (TPSA) is 89.9 Å². The molecule has 0 radical (unpaired) electrons. The molecular weight excluding hydrogens is 661 g/mol. The molecule has 1 N–H and O–H groups in total. The zero-order valence-corrected chi connectivity index (χ0v) is 36.0. The van der Waals surface area contributed by atoms with Gasteiger partial charge < -0.3 is 14.6 Å². The van der Waals surface area contributed by atoms with Gasteiger partial charge in [-0.2, -0.15) is 0 Å². The molecule has 6 heteroatoms. The first kappa shape index (κ1) is 53.5. The summed E-state index contributed by atoms with van der Waals surface area (Å²) in [6, 6.07) is 0. The fraction of sp³-hybridized carbons (Fsp3) is 0.936. The van der Waals surface area contributed by atoms with Crippen molar-refractivity contribution in [3.8, 4) is 0 Å². The maximum absolute atomic E-state index is 12.0. The Morgan fingerprint density at radius 1 is 0.321 bits per heavy atom. The van der Waals surface area contributed by atoms with Crippen molar-refractivity contribution in [2.24, 2.45) is 0 Å². The van der Waals surface area contributed by atoms with E-state index in [2.05, 4.69) is 18.6 Å². The monoisotopic (exact) mass is 753 g/mol. The summed E-state index contributed by atoms with van der Waals surface area (Å²) >= 11 is 0. The second kappa shape index (κ2) is 48.4. The van der Waals surface area contributed by atoms with Gasteiger partial charge in [-0.05, 0) is 19.8 Å². The normalized spacial score (nSPS) is 10.9. The van der Waals surface area contributed by atoms with Crippen LogP contribution >= 0.6 is 0 Å². The molecule has 0 saturated carbocycles. The Balaban J connectivity index is 0. The molecule has 53 heavy (non-hydrogen) atoms. The van der Waals surface area contributed by atoms with E-state index in [-0.39, 0.29) is 18.5 Å². The number of carboxylic acid groups (broad SMARTS) is 1. The molecule has 0 bridgehead atoms. The second-order valence-corrected chi connectivity index (χ2v) is 15.8. The zero-order chi connectivity index (χ0) is 39.1. The summed E-state index contributed by atoms with van der Waals surface area (Å²) in [6.07, 6.45) is 50.6. The number of hydrogen-bond acceptors (Lipinski definition) is 5. The van der Waals surface area contributed by atoms with Crippen LogP contribution in [-0.4, -0.2) is 29.8 Å². The van der Waals surface area contributed by atoms with Crippen LogP contribution in [0.5, 0.6) is 0 Å². The Kier molecular flexibility index (Phi) is 48.9. The summed E-state index contributed by atoms with van der Waals surface area (Å²) in [5, 5.41) is 7.69. The van der Waals surface area contributed by atoms with Gasteiger partial charge in [0.05, 0.1) is 6.61 Å². The molecule has 0 fully saturated rings. The van der Waals surface area contributed by atoms with Crippen LogP contribution in [0.2, 0.25) is 0 Å². The lowest BCUT2D eigenvalue weighted by Crippen LogP contribution is -2.11. The average molecular weight is 753 g/mol. The van der Waals surface area contributed by atoms with E-state index in [4.69, 9.17) is 9.84 Å². The van der Waals surface area contributed by atoms with Crippen LogP contribution < -0.4 is 0 Å². The van der Waals surface area contributed by atoms with Crippen LogP contribution in [0, 0.1) is 0 Å². The van der Waals surface area contributed by atoms with Crippen LogP contribution in [0.4, 0.5) is 4.79 Å². The van der Waals surface area contributed by atoms with Crippen LogP contribution in [0.1, 0.15) is 278 Å². The fourth-order valence-electron chi connectivity index (χ4n) is 7.05. The largest absolute Gasteiger partial charge is 0.505 e. The first-order valence-corrected chi connectivity index (χ1v) is 23.6. The van der Waals surface area contributed by atoms with Crippen LogP contribution in [-0.2, 0) is 19.1 Å². The lowest BCUT2D eigenvalue weighted by Gasteiger charge is -2.05. The van der Waals surface area contributed by atoms with Gasteiger partial charge in [0.15, 0.2) is 0 Å². The van der Waals surface area contributed by atoms with Crippen LogP contribution in [0.15, 0.2) is 0 Å². The van der Waals surface area contributed by atoms with Crippen LogP contribution in [0.3, 0.4) is 0 Å². The molecule has 0 spiro atoms. The molecule has 0 heterocycles. The minimum atomic E-state index is -1.21. The van der Waals surface area contributed by atoms with E-state index < -0.39 is 6.16 Å². The maximum Gasteiger partial charge on any atom is 0.505 e. The molecule has 0 aromatic rings. The molecule has 0 unspecified atom stereocenters. The molecule has 6 nitrogen and oxygen atoms in total. The van der Waals surface area contributed by atoms with Crippen molar-refractivity contribution in [3.63, 3.8) is 0 Å². The fourth-order valence-corrected chi connectivity index (χ4v) is 7.05. The van der Waals surface area contributed by atoms with Crippen molar-refractivity contribution >= 4 is 18.1 Å². The van der Waals surface area contributed by atoms with Gasteiger partial charge in [-0.1, -0.05) is 245 Å². The highest BCUT2D eigenvalue weighted by Gasteiger charge is 2.10. The van der Waals surface area contributed by atoms with Crippen molar-refractivity contribution in [3.05, 3.63) is 0 Å². The van der Waals surface area contributed by atoms with Gasteiger partial charge in [0.25, 0.3) is 0 Å². The second-order valence-electron chi connectivity index (χ2n) is 15.8. The molecular formula is C47H92O6. The number of carbonyl (C=O) groups is 3. The van der Waals surface area contributed by atoms with E-state index in [1.54, 1.807) is 6.92 Å². The maximum atomic E-state index is 12.0. The highest BCUT2D eigenvalue weighted by molar-refractivity contribution is 5.85. The Labute approximate surface area is 330 Å². The molecule has 0 atom stereocenters. The van der Waals surface area contributed by atoms with Crippen molar-refractivity contribution < 1.29 is 29.0 Å². The van der Waals surface area contributed by atoms with E-state index >= 15 is 0 Å². The van der Waals surface area contributed by atoms with E-state index in [1.165, 1.54) is 218 Å². The first-order valence-electron chi connectivity index (χ1n) is 23.6. The molecule has 316 valence electrons. The molecule has 0 aliphatic heterocycles. The number of hydrogen-bond donors (Lipinski definition) is 1. The Morgan fingerprint density at radius 3 is 0.660 bits per heavy atom. The van der Waals surface area contributed by atoms with Gasteiger partial charge in [-0.15, -0.1) is 0 Å². The smallest absolute Gasteiger partial charge is 0.450 e. The van der Waals surface area contributed by atoms with E-state index in [9.17, 15) is 14.4 Å². The van der Waals surface area contributed by atoms with Crippen molar-refractivity contribution in [1.82, 2.24) is 0 Å². The quantitative estimate of drug-likeness (QED) is 0.0380. The molecule has 0 rings (SSSR count). The highest BCUT2D eigenvalue weighted by Crippen LogP contribution is 2.17. The van der Waals surface area contributed by atoms with Gasteiger partial charge in [0.2, 0.25) is 0 Å². The van der Waals surface area contributed by atoms with Crippen molar-refractivity contribution in [2.75, 3.05) is 6.61 Å². The third-order valence-electron chi connectivity index (χ3n) is 10.5. The zero-order valence-electron chi connectivity index (χ0n) is 36.0. The lowest BCUT2D eigenvalue weighted by atomic mass is 10.0. The third kappa shape index (κ3) is 52.6. The van der Waals surface area contributed by atoms with E-state index in [0.29, 0.717) is 12.8 Å². The lowest BCUT2D eigenvalue weighted by molar-refractivity contribution is -0.159. The van der Waals surface area contributed by atoms with Gasteiger partial charge in [0, 0.05) is 12.8 Å². The molecule has 0 saturated heterocycles. The van der Waals surface area contributed by atoms with Crippen LogP contribution in [0.25, 0.3) is 0 Å². The Hall–Kier alpha value is -1.59. The predicted octanol–water partition coefficient (Wildman–Crippen LogP) is 16.4. The van der Waals surface area contributed by atoms with Gasteiger partial charge in [0.1, 0.15) is 0 Å². The standard InChI is InChI=1S/C44H86O3.C3H6O3/c1-3-5-7-9-11-13-15-17-19-21-23-25-27-29-31-33-35-37-39-41-43(45)47-44(46)42-40-38-36-34-32-30-28-26-24-22-20-18-16-14-12-10-8-6-4-2;1-2-6-3(4)5/h3-42H2,1-2H3;2H2,1H3,(H,4,5). The van der Waals surface area contributed by atoms with Crippen molar-refractivity contribution in [2.45, 2.75) is 278 Å².